The van der Waals surface area contributed by atoms with Crippen LogP contribution >= 0.6 is 15.9 Å². The zero-order chi connectivity index (χ0) is 21.3. The van der Waals surface area contributed by atoms with Crippen LogP contribution in [-0.2, 0) is 10.0 Å². The highest BCUT2D eigenvalue weighted by Gasteiger charge is 2.38. The third-order valence-electron chi connectivity index (χ3n) is 5.54. The SMILES string of the molecule is CCCCC1c2ccccc2-c2cc(Br)ccc2N1S(=O)(=O)c1ccc(OC)cc1. The minimum atomic E-state index is -3.77. The van der Waals surface area contributed by atoms with Crippen molar-refractivity contribution in [3.63, 3.8) is 0 Å². The monoisotopic (exact) mass is 485 g/mol. The molecule has 1 aliphatic heterocycles. The Kier molecular flexibility index (Phi) is 5.89. The van der Waals surface area contributed by atoms with Gasteiger partial charge in [-0.2, -0.15) is 0 Å². The summed E-state index contributed by atoms with van der Waals surface area (Å²) in [6, 6.07) is 20.3. The minimum Gasteiger partial charge on any atom is -0.497 e. The first kappa shape index (κ1) is 20.9. The third-order valence-corrected chi connectivity index (χ3v) is 7.87. The number of anilines is 1. The summed E-state index contributed by atoms with van der Waals surface area (Å²) in [5.41, 5.74) is 3.78. The van der Waals surface area contributed by atoms with Crippen molar-refractivity contribution in [3.05, 3.63) is 76.8 Å². The van der Waals surface area contributed by atoms with Gasteiger partial charge < -0.3 is 4.74 Å². The highest BCUT2D eigenvalue weighted by Crippen LogP contribution is 2.49. The molecule has 1 aliphatic rings. The molecule has 3 aromatic carbocycles. The first-order valence-electron chi connectivity index (χ1n) is 10.0. The Morgan fingerprint density at radius 3 is 2.43 bits per heavy atom. The van der Waals surface area contributed by atoms with Gasteiger partial charge in [0.05, 0.1) is 23.7 Å². The number of nitrogens with zero attached hydrogens (tertiary/aromatic N) is 1. The van der Waals surface area contributed by atoms with Crippen molar-refractivity contribution in [3.8, 4) is 16.9 Å². The summed E-state index contributed by atoms with van der Waals surface area (Å²) in [6.45, 7) is 2.13. The Hall–Kier alpha value is -2.31. The van der Waals surface area contributed by atoms with Gasteiger partial charge in [0.25, 0.3) is 10.0 Å². The van der Waals surface area contributed by atoms with Crippen LogP contribution in [0.5, 0.6) is 5.75 Å². The molecule has 3 aromatic rings. The van der Waals surface area contributed by atoms with Crippen LogP contribution in [0.15, 0.2) is 76.1 Å². The van der Waals surface area contributed by atoms with Crippen LogP contribution in [0.4, 0.5) is 5.69 Å². The number of methoxy groups -OCH3 is 1. The van der Waals surface area contributed by atoms with Gasteiger partial charge in [-0.3, -0.25) is 4.31 Å². The molecule has 1 heterocycles. The van der Waals surface area contributed by atoms with E-state index in [1.54, 1.807) is 35.7 Å². The maximum absolute atomic E-state index is 13.9. The summed E-state index contributed by atoms with van der Waals surface area (Å²) in [6.07, 6.45) is 2.71. The van der Waals surface area contributed by atoms with E-state index >= 15 is 0 Å². The molecule has 0 aliphatic carbocycles. The lowest BCUT2D eigenvalue weighted by Crippen LogP contribution is -2.37. The number of rotatable bonds is 6. The molecule has 4 rings (SSSR count). The lowest BCUT2D eigenvalue weighted by molar-refractivity contribution is 0.414. The molecule has 0 saturated heterocycles. The molecule has 0 aromatic heterocycles. The Labute approximate surface area is 186 Å². The largest absolute Gasteiger partial charge is 0.497 e. The van der Waals surface area contributed by atoms with Crippen molar-refractivity contribution in [1.29, 1.82) is 0 Å². The molecule has 156 valence electrons. The van der Waals surface area contributed by atoms with Gasteiger partial charge >= 0.3 is 0 Å². The van der Waals surface area contributed by atoms with Crippen molar-refractivity contribution in [1.82, 2.24) is 0 Å². The second-order valence-corrected chi connectivity index (χ2v) is 10.1. The minimum absolute atomic E-state index is 0.248. The van der Waals surface area contributed by atoms with Gasteiger partial charge in [0.15, 0.2) is 0 Å². The van der Waals surface area contributed by atoms with Gasteiger partial charge in [0, 0.05) is 10.0 Å². The number of benzene rings is 3. The summed E-state index contributed by atoms with van der Waals surface area (Å²) in [4.78, 5) is 0.262. The summed E-state index contributed by atoms with van der Waals surface area (Å²) < 4.78 is 35.5. The Bertz CT molecular complexity index is 1160. The zero-order valence-electron chi connectivity index (χ0n) is 17.0. The van der Waals surface area contributed by atoms with E-state index in [0.717, 1.165) is 40.4 Å². The number of unbranched alkanes of at least 4 members (excludes halogenated alkanes) is 1. The van der Waals surface area contributed by atoms with Crippen LogP contribution in [0.3, 0.4) is 0 Å². The Morgan fingerprint density at radius 1 is 1.00 bits per heavy atom. The highest BCUT2D eigenvalue weighted by atomic mass is 79.9. The van der Waals surface area contributed by atoms with E-state index in [0.29, 0.717) is 11.4 Å². The van der Waals surface area contributed by atoms with Crippen LogP contribution in [0.25, 0.3) is 11.1 Å². The number of hydrogen-bond donors (Lipinski definition) is 0. The topological polar surface area (TPSA) is 46.6 Å². The molecule has 1 unspecified atom stereocenters. The van der Waals surface area contributed by atoms with Crippen LogP contribution in [0, 0.1) is 0 Å². The van der Waals surface area contributed by atoms with E-state index in [4.69, 9.17) is 4.74 Å². The molecule has 0 radical (unpaired) electrons. The summed E-state index contributed by atoms with van der Waals surface area (Å²) >= 11 is 3.55. The standard InChI is InChI=1S/C24H24BrNO3S/c1-3-4-9-23-21-8-6-5-7-20(21)22-16-17(25)10-15-24(22)26(23)30(27,28)19-13-11-18(29-2)12-14-19/h5-8,10-16,23H,3-4,9H2,1-2H3. The fourth-order valence-electron chi connectivity index (χ4n) is 4.07. The van der Waals surface area contributed by atoms with Crippen molar-refractivity contribution >= 4 is 31.6 Å². The van der Waals surface area contributed by atoms with E-state index < -0.39 is 10.0 Å². The van der Waals surface area contributed by atoms with Crippen molar-refractivity contribution in [2.75, 3.05) is 11.4 Å². The number of sulfonamides is 1. The van der Waals surface area contributed by atoms with Crippen LogP contribution in [-0.4, -0.2) is 15.5 Å². The fourth-order valence-corrected chi connectivity index (χ4v) is 6.11. The second-order valence-electron chi connectivity index (χ2n) is 7.38. The predicted octanol–water partition coefficient (Wildman–Crippen LogP) is 6.56. The molecule has 6 heteroatoms. The molecular formula is C24H24BrNO3S. The first-order chi connectivity index (χ1) is 14.5. The maximum Gasteiger partial charge on any atom is 0.264 e. The summed E-state index contributed by atoms with van der Waals surface area (Å²) in [7, 11) is -2.20. The van der Waals surface area contributed by atoms with Crippen molar-refractivity contribution in [2.45, 2.75) is 37.1 Å². The van der Waals surface area contributed by atoms with Gasteiger partial charge in [-0.1, -0.05) is 60.0 Å². The van der Waals surface area contributed by atoms with Gasteiger partial charge in [0.1, 0.15) is 5.75 Å². The smallest absolute Gasteiger partial charge is 0.264 e. The fraction of sp³-hybridized carbons (Fsp3) is 0.250. The van der Waals surface area contributed by atoms with Crippen LogP contribution in [0.2, 0.25) is 0 Å². The quantitative estimate of drug-likeness (QED) is 0.396. The number of halogens is 1. The molecule has 0 spiro atoms. The normalized spacial score (nSPS) is 15.4. The second kappa shape index (κ2) is 8.44. The van der Waals surface area contributed by atoms with E-state index in [2.05, 4.69) is 35.0 Å². The molecule has 4 nitrogen and oxygen atoms in total. The molecule has 30 heavy (non-hydrogen) atoms. The van der Waals surface area contributed by atoms with E-state index in [-0.39, 0.29) is 10.9 Å². The molecule has 1 atom stereocenters. The lowest BCUT2D eigenvalue weighted by atomic mass is 9.87. The van der Waals surface area contributed by atoms with Gasteiger partial charge in [0.2, 0.25) is 0 Å². The van der Waals surface area contributed by atoms with E-state index in [1.807, 2.05) is 30.3 Å². The molecule has 0 bridgehead atoms. The Morgan fingerprint density at radius 2 is 1.73 bits per heavy atom. The molecule has 0 amide bonds. The molecule has 0 N–H and O–H groups in total. The lowest BCUT2D eigenvalue weighted by Gasteiger charge is -2.39. The Balaban J connectivity index is 1.93. The number of hydrogen-bond acceptors (Lipinski definition) is 3. The van der Waals surface area contributed by atoms with Crippen molar-refractivity contribution < 1.29 is 13.2 Å². The van der Waals surface area contributed by atoms with Gasteiger partial charge in [-0.05, 0) is 60.0 Å². The summed E-state index contributed by atoms with van der Waals surface area (Å²) in [5, 5.41) is 0. The molecular weight excluding hydrogens is 462 g/mol. The predicted molar refractivity (Wildman–Crippen MR) is 125 cm³/mol. The van der Waals surface area contributed by atoms with Crippen molar-refractivity contribution in [2.24, 2.45) is 0 Å². The third kappa shape index (κ3) is 3.63. The average molecular weight is 486 g/mol. The van der Waals surface area contributed by atoms with Crippen LogP contribution < -0.4 is 9.04 Å². The summed E-state index contributed by atoms with van der Waals surface area (Å²) in [5.74, 6) is 0.629. The first-order valence-corrected chi connectivity index (χ1v) is 12.3. The van der Waals surface area contributed by atoms with E-state index in [1.165, 1.54) is 0 Å². The number of fused-ring (bicyclic) bond motifs is 3. The van der Waals surface area contributed by atoms with Gasteiger partial charge in [-0.25, -0.2) is 8.42 Å². The van der Waals surface area contributed by atoms with Gasteiger partial charge in [-0.15, -0.1) is 0 Å². The van der Waals surface area contributed by atoms with E-state index in [9.17, 15) is 8.42 Å². The molecule has 0 saturated carbocycles. The maximum atomic E-state index is 13.9. The average Bonchev–Trinajstić information content (AvgIpc) is 2.77. The number of ether oxygens (including phenoxy) is 1. The molecule has 0 fully saturated rings. The zero-order valence-corrected chi connectivity index (χ0v) is 19.4. The highest BCUT2D eigenvalue weighted by molar-refractivity contribution is 9.10. The van der Waals surface area contributed by atoms with Crippen LogP contribution in [0.1, 0.15) is 37.8 Å².